The Labute approximate surface area is 215 Å². The van der Waals surface area contributed by atoms with Crippen molar-refractivity contribution in [2.45, 2.75) is 70.3 Å². The van der Waals surface area contributed by atoms with E-state index in [1.807, 2.05) is 26.8 Å². The second-order valence-corrected chi connectivity index (χ2v) is 10.9. The lowest BCUT2D eigenvalue weighted by Crippen LogP contribution is -2.41. The highest BCUT2D eigenvalue weighted by atomic mass is 19.1. The van der Waals surface area contributed by atoms with Crippen molar-refractivity contribution >= 4 is 23.1 Å². The van der Waals surface area contributed by atoms with Crippen molar-refractivity contribution in [2.75, 3.05) is 20.2 Å². The summed E-state index contributed by atoms with van der Waals surface area (Å²) in [5.74, 6) is -0.431. The zero-order valence-electron chi connectivity index (χ0n) is 21.8. The third-order valence-corrected chi connectivity index (χ3v) is 7.24. The number of amides is 1. The summed E-state index contributed by atoms with van der Waals surface area (Å²) in [5.41, 5.74) is 2.89. The van der Waals surface area contributed by atoms with Crippen LogP contribution in [-0.4, -0.2) is 57.5 Å². The van der Waals surface area contributed by atoms with E-state index in [9.17, 15) is 14.0 Å². The number of methoxy groups -OCH3 is 1. The SMILES string of the molecule is COC(=O)c1cc(C2CCN(C(=O)OC(C)(C)C)CC2)c2c(C3CCC3)nn(-c3ccc(F)cc3)c2n1. The molecular weight excluding hydrogens is 475 g/mol. The van der Waals surface area contributed by atoms with E-state index in [1.54, 1.807) is 21.7 Å². The van der Waals surface area contributed by atoms with Gasteiger partial charge in [0.25, 0.3) is 0 Å². The number of hydrogen-bond donors (Lipinski definition) is 0. The number of carbonyl (C=O) groups is 2. The van der Waals surface area contributed by atoms with Crippen LogP contribution in [0.1, 0.15) is 86.5 Å². The van der Waals surface area contributed by atoms with Crippen LogP contribution in [0.2, 0.25) is 0 Å². The van der Waals surface area contributed by atoms with E-state index in [4.69, 9.17) is 19.6 Å². The highest BCUT2D eigenvalue weighted by molar-refractivity contribution is 5.93. The minimum Gasteiger partial charge on any atom is -0.464 e. The van der Waals surface area contributed by atoms with Crippen LogP contribution in [0.25, 0.3) is 16.7 Å². The van der Waals surface area contributed by atoms with Crippen molar-refractivity contribution in [1.29, 1.82) is 0 Å². The maximum atomic E-state index is 13.7. The number of nitrogens with zero attached hydrogens (tertiary/aromatic N) is 4. The zero-order chi connectivity index (χ0) is 26.3. The maximum Gasteiger partial charge on any atom is 0.410 e. The fourth-order valence-corrected chi connectivity index (χ4v) is 5.13. The predicted molar refractivity (Wildman–Crippen MR) is 137 cm³/mol. The van der Waals surface area contributed by atoms with Gasteiger partial charge in [0, 0.05) is 24.4 Å². The molecule has 1 aromatic carbocycles. The summed E-state index contributed by atoms with van der Waals surface area (Å²) in [5, 5.41) is 5.93. The first kappa shape index (κ1) is 25.2. The van der Waals surface area contributed by atoms with Crippen LogP contribution in [0.3, 0.4) is 0 Å². The van der Waals surface area contributed by atoms with Gasteiger partial charge in [-0.1, -0.05) is 6.42 Å². The molecule has 1 amide bonds. The number of halogens is 1. The molecule has 3 heterocycles. The molecule has 3 aromatic rings. The fraction of sp³-hybridized carbons (Fsp3) is 0.500. The first-order valence-electron chi connectivity index (χ1n) is 12.9. The number of carbonyl (C=O) groups excluding carboxylic acids is 2. The molecule has 1 aliphatic carbocycles. The molecule has 1 aliphatic heterocycles. The molecule has 0 atom stereocenters. The summed E-state index contributed by atoms with van der Waals surface area (Å²) >= 11 is 0. The van der Waals surface area contributed by atoms with Crippen molar-refractivity contribution in [3.05, 3.63) is 53.1 Å². The Bertz CT molecular complexity index is 1320. The van der Waals surface area contributed by atoms with Gasteiger partial charge in [0.05, 0.1) is 18.5 Å². The van der Waals surface area contributed by atoms with E-state index >= 15 is 0 Å². The van der Waals surface area contributed by atoms with E-state index < -0.39 is 11.6 Å². The van der Waals surface area contributed by atoms with Gasteiger partial charge in [-0.25, -0.2) is 23.6 Å². The number of pyridine rings is 1. The van der Waals surface area contributed by atoms with E-state index in [-0.39, 0.29) is 23.5 Å². The molecule has 196 valence electrons. The van der Waals surface area contributed by atoms with Gasteiger partial charge in [0.2, 0.25) is 0 Å². The molecule has 2 fully saturated rings. The number of aromatic nitrogens is 3. The molecule has 0 spiro atoms. The van der Waals surface area contributed by atoms with Gasteiger partial charge in [0.15, 0.2) is 11.3 Å². The van der Waals surface area contributed by atoms with Gasteiger partial charge in [-0.15, -0.1) is 0 Å². The van der Waals surface area contributed by atoms with Crippen molar-refractivity contribution < 1.29 is 23.5 Å². The van der Waals surface area contributed by atoms with E-state index in [0.29, 0.717) is 30.3 Å². The Hall–Kier alpha value is -3.49. The molecule has 0 unspecified atom stereocenters. The quantitative estimate of drug-likeness (QED) is 0.419. The normalized spacial score (nSPS) is 17.1. The van der Waals surface area contributed by atoms with Gasteiger partial charge in [-0.3, -0.25) is 0 Å². The molecule has 2 aromatic heterocycles. The molecule has 0 N–H and O–H groups in total. The van der Waals surface area contributed by atoms with Gasteiger partial charge < -0.3 is 14.4 Å². The standard InChI is InChI=1S/C28H33FN4O4/c1-28(2,3)37-27(35)32-14-12-17(13-15-32)21-16-22(26(34)36-4)30-25-23(21)24(18-6-5-7-18)31-33(25)20-10-8-19(29)9-11-20/h8-11,16-18H,5-7,12-15H2,1-4H3. The van der Waals surface area contributed by atoms with Gasteiger partial charge in [-0.2, -0.15) is 5.10 Å². The summed E-state index contributed by atoms with van der Waals surface area (Å²) in [6.07, 6.45) is 4.39. The summed E-state index contributed by atoms with van der Waals surface area (Å²) in [4.78, 5) is 31.7. The number of benzene rings is 1. The molecule has 2 aliphatic rings. The summed E-state index contributed by atoms with van der Waals surface area (Å²) < 4.78 is 26.0. The first-order valence-corrected chi connectivity index (χ1v) is 12.9. The van der Waals surface area contributed by atoms with Crippen molar-refractivity contribution in [3.63, 3.8) is 0 Å². The smallest absolute Gasteiger partial charge is 0.410 e. The van der Waals surface area contributed by atoms with Crippen molar-refractivity contribution in [3.8, 4) is 5.69 Å². The molecule has 5 rings (SSSR count). The largest absolute Gasteiger partial charge is 0.464 e. The van der Waals surface area contributed by atoms with Crippen molar-refractivity contribution in [2.24, 2.45) is 0 Å². The summed E-state index contributed by atoms with van der Waals surface area (Å²) in [6.45, 7) is 6.70. The molecular formula is C28H33FN4O4. The minimum absolute atomic E-state index is 0.109. The molecule has 1 saturated heterocycles. The molecule has 0 radical (unpaired) electrons. The minimum atomic E-state index is -0.548. The third-order valence-electron chi connectivity index (χ3n) is 7.24. The molecule has 0 bridgehead atoms. The van der Waals surface area contributed by atoms with Crippen LogP contribution in [0, 0.1) is 5.82 Å². The highest BCUT2D eigenvalue weighted by Crippen LogP contribution is 2.43. The average Bonchev–Trinajstić information content (AvgIpc) is 3.20. The van der Waals surface area contributed by atoms with Crippen LogP contribution >= 0.6 is 0 Å². The van der Waals surface area contributed by atoms with Crippen LogP contribution in [-0.2, 0) is 9.47 Å². The van der Waals surface area contributed by atoms with Crippen molar-refractivity contribution in [1.82, 2.24) is 19.7 Å². The average molecular weight is 509 g/mol. The lowest BCUT2D eigenvalue weighted by Gasteiger charge is -2.34. The summed E-state index contributed by atoms with van der Waals surface area (Å²) in [6, 6.07) is 7.95. The number of rotatable bonds is 4. The van der Waals surface area contributed by atoms with Crippen LogP contribution in [0.4, 0.5) is 9.18 Å². The Morgan fingerprint density at radius 3 is 2.27 bits per heavy atom. The molecule has 1 saturated carbocycles. The topological polar surface area (TPSA) is 86.5 Å². The number of piperidine rings is 1. The van der Waals surface area contributed by atoms with E-state index in [0.717, 1.165) is 48.7 Å². The number of hydrogen-bond acceptors (Lipinski definition) is 6. The Morgan fingerprint density at radius 1 is 1.03 bits per heavy atom. The van der Waals surface area contributed by atoms with Crippen LogP contribution < -0.4 is 0 Å². The maximum absolute atomic E-state index is 13.7. The fourth-order valence-electron chi connectivity index (χ4n) is 5.13. The molecule has 8 nitrogen and oxygen atoms in total. The van der Waals surface area contributed by atoms with Gasteiger partial charge >= 0.3 is 12.1 Å². The monoisotopic (exact) mass is 508 g/mol. The third kappa shape index (κ3) is 5.04. The predicted octanol–water partition coefficient (Wildman–Crippen LogP) is 5.73. The number of esters is 1. The number of fused-ring (bicyclic) bond motifs is 1. The summed E-state index contributed by atoms with van der Waals surface area (Å²) in [7, 11) is 1.34. The zero-order valence-corrected chi connectivity index (χ0v) is 21.8. The van der Waals surface area contributed by atoms with Gasteiger partial charge in [-0.05, 0) is 88.3 Å². The lowest BCUT2D eigenvalue weighted by molar-refractivity contribution is 0.0205. The highest BCUT2D eigenvalue weighted by Gasteiger charge is 2.33. The first-order chi connectivity index (χ1) is 17.6. The van der Waals surface area contributed by atoms with Gasteiger partial charge in [0.1, 0.15) is 11.4 Å². The van der Waals surface area contributed by atoms with E-state index in [1.165, 1.54) is 19.2 Å². The molecule has 9 heteroatoms. The second-order valence-electron chi connectivity index (χ2n) is 10.9. The number of likely N-dealkylation sites (tertiary alicyclic amines) is 1. The Morgan fingerprint density at radius 2 is 1.70 bits per heavy atom. The molecule has 37 heavy (non-hydrogen) atoms. The second kappa shape index (κ2) is 9.76. The number of ether oxygens (including phenoxy) is 2. The Balaban J connectivity index is 1.58. The van der Waals surface area contributed by atoms with Crippen LogP contribution in [0.5, 0.6) is 0 Å². The van der Waals surface area contributed by atoms with Crippen LogP contribution in [0.15, 0.2) is 30.3 Å². The lowest BCUT2D eigenvalue weighted by atomic mass is 9.79. The van der Waals surface area contributed by atoms with E-state index in [2.05, 4.69) is 0 Å². The Kier molecular flexibility index (Phi) is 6.64.